The summed E-state index contributed by atoms with van der Waals surface area (Å²) in [5.74, 6) is 2.03. The van der Waals surface area contributed by atoms with E-state index in [1.807, 2.05) is 61.5 Å². The third kappa shape index (κ3) is 7.24. The Labute approximate surface area is 203 Å². The largest absolute Gasteiger partial charge is 0.497 e. The maximum Gasteiger partial charge on any atom is 0.318 e. The smallest absolute Gasteiger partial charge is 0.318 e. The van der Waals surface area contributed by atoms with Gasteiger partial charge in [-0.05, 0) is 66.6 Å². The van der Waals surface area contributed by atoms with Crippen LogP contribution in [0, 0.1) is 11.8 Å². The minimum Gasteiger partial charge on any atom is -0.497 e. The summed E-state index contributed by atoms with van der Waals surface area (Å²) < 4.78 is 16.3. The standard InChI is InChI=1S/C30H34O4/c1-21(2)17-24-7-6-8-26(14-11-24)22(3)30(31)34-27-15-12-23(13-16-27)9-10-25-18-28(32-4)20-29(19-25)33-5/h7-16,18-22H,6,17H2,1-5H3. The maximum absolute atomic E-state index is 12.7. The summed E-state index contributed by atoms with van der Waals surface area (Å²) in [6.07, 6.45) is 14.4. The molecule has 2 aromatic rings. The Balaban J connectivity index is 1.61. The average Bonchev–Trinajstić information content (AvgIpc) is 3.07. The zero-order valence-corrected chi connectivity index (χ0v) is 20.7. The quantitative estimate of drug-likeness (QED) is 0.225. The summed E-state index contributed by atoms with van der Waals surface area (Å²) in [5, 5.41) is 0. The highest BCUT2D eigenvalue weighted by molar-refractivity contribution is 5.79. The Bertz CT molecular complexity index is 1080. The molecule has 1 aliphatic rings. The first kappa shape index (κ1) is 25.1. The molecular weight excluding hydrogens is 424 g/mol. The van der Waals surface area contributed by atoms with Gasteiger partial charge in [-0.3, -0.25) is 4.79 Å². The lowest BCUT2D eigenvalue weighted by atomic mass is 9.99. The van der Waals surface area contributed by atoms with Gasteiger partial charge >= 0.3 is 5.97 Å². The molecule has 4 heteroatoms. The predicted octanol–water partition coefficient (Wildman–Crippen LogP) is 7.27. The van der Waals surface area contributed by atoms with Crippen LogP contribution < -0.4 is 14.2 Å². The van der Waals surface area contributed by atoms with E-state index in [1.165, 1.54) is 5.57 Å². The zero-order valence-electron chi connectivity index (χ0n) is 20.7. The zero-order chi connectivity index (χ0) is 24.5. The Kier molecular flexibility index (Phi) is 8.92. The molecular formula is C30H34O4. The van der Waals surface area contributed by atoms with Crippen LogP contribution in [0.15, 0.2) is 77.9 Å². The number of hydrogen-bond acceptors (Lipinski definition) is 4. The van der Waals surface area contributed by atoms with Gasteiger partial charge in [-0.2, -0.15) is 0 Å². The van der Waals surface area contributed by atoms with Gasteiger partial charge in [-0.1, -0.05) is 68.0 Å². The van der Waals surface area contributed by atoms with Crippen LogP contribution in [-0.2, 0) is 4.79 Å². The van der Waals surface area contributed by atoms with Crippen LogP contribution in [0.3, 0.4) is 0 Å². The third-order valence-corrected chi connectivity index (χ3v) is 5.66. The van der Waals surface area contributed by atoms with Crippen LogP contribution in [0.1, 0.15) is 44.7 Å². The molecule has 0 saturated carbocycles. The van der Waals surface area contributed by atoms with Crippen molar-refractivity contribution in [3.63, 3.8) is 0 Å². The van der Waals surface area contributed by atoms with E-state index in [0.717, 1.165) is 41.0 Å². The number of hydrogen-bond donors (Lipinski definition) is 0. The molecule has 34 heavy (non-hydrogen) atoms. The minimum atomic E-state index is -0.328. The van der Waals surface area contributed by atoms with Crippen molar-refractivity contribution in [2.75, 3.05) is 14.2 Å². The van der Waals surface area contributed by atoms with Gasteiger partial charge in [0.25, 0.3) is 0 Å². The molecule has 1 unspecified atom stereocenters. The van der Waals surface area contributed by atoms with Crippen LogP contribution in [0.25, 0.3) is 12.2 Å². The number of ether oxygens (including phenoxy) is 3. The van der Waals surface area contributed by atoms with E-state index in [2.05, 4.69) is 38.2 Å². The van der Waals surface area contributed by atoms with Gasteiger partial charge in [0.05, 0.1) is 20.1 Å². The number of methoxy groups -OCH3 is 2. The predicted molar refractivity (Wildman–Crippen MR) is 139 cm³/mol. The van der Waals surface area contributed by atoms with Gasteiger partial charge in [0, 0.05) is 6.07 Å². The third-order valence-electron chi connectivity index (χ3n) is 5.66. The van der Waals surface area contributed by atoms with Gasteiger partial charge in [-0.15, -0.1) is 0 Å². The molecule has 0 aromatic heterocycles. The molecule has 0 spiro atoms. The summed E-state index contributed by atoms with van der Waals surface area (Å²) in [5.41, 5.74) is 4.27. The van der Waals surface area contributed by atoms with Crippen LogP contribution in [-0.4, -0.2) is 20.2 Å². The highest BCUT2D eigenvalue weighted by atomic mass is 16.5. The summed E-state index contributed by atoms with van der Waals surface area (Å²) in [6, 6.07) is 13.2. The molecule has 0 radical (unpaired) electrons. The molecule has 178 valence electrons. The Hall–Kier alpha value is -3.53. The summed E-state index contributed by atoms with van der Waals surface area (Å²) in [6.45, 7) is 6.32. The molecule has 0 bridgehead atoms. The second-order valence-electron chi connectivity index (χ2n) is 8.84. The molecule has 3 rings (SSSR count). The molecule has 4 nitrogen and oxygen atoms in total. The average molecular weight is 459 g/mol. The van der Waals surface area contributed by atoms with Crippen molar-refractivity contribution in [3.05, 3.63) is 89.0 Å². The molecule has 2 aromatic carbocycles. The molecule has 0 N–H and O–H groups in total. The molecule has 1 aliphatic carbocycles. The van der Waals surface area contributed by atoms with Crippen molar-refractivity contribution in [1.29, 1.82) is 0 Å². The van der Waals surface area contributed by atoms with E-state index in [4.69, 9.17) is 14.2 Å². The number of esters is 1. The number of allylic oxidation sites excluding steroid dienone is 5. The fraction of sp³-hybridized carbons (Fsp3) is 0.300. The van der Waals surface area contributed by atoms with Crippen molar-refractivity contribution in [2.45, 2.75) is 33.6 Å². The van der Waals surface area contributed by atoms with E-state index < -0.39 is 0 Å². The van der Waals surface area contributed by atoms with Gasteiger partial charge in [-0.25, -0.2) is 0 Å². The molecule has 1 atom stereocenters. The van der Waals surface area contributed by atoms with Crippen LogP contribution in [0.5, 0.6) is 17.2 Å². The van der Waals surface area contributed by atoms with E-state index in [1.54, 1.807) is 14.2 Å². The monoisotopic (exact) mass is 458 g/mol. The van der Waals surface area contributed by atoms with E-state index in [0.29, 0.717) is 11.7 Å². The van der Waals surface area contributed by atoms with Gasteiger partial charge in [0.15, 0.2) is 0 Å². The first-order valence-corrected chi connectivity index (χ1v) is 11.7. The van der Waals surface area contributed by atoms with Gasteiger partial charge in [0.2, 0.25) is 0 Å². The molecule has 0 aliphatic heterocycles. The lowest BCUT2D eigenvalue weighted by molar-refractivity contribution is -0.137. The van der Waals surface area contributed by atoms with Crippen LogP contribution in [0.4, 0.5) is 0 Å². The topological polar surface area (TPSA) is 44.8 Å². The number of rotatable bonds is 9. The fourth-order valence-electron chi connectivity index (χ4n) is 3.74. The van der Waals surface area contributed by atoms with Crippen molar-refractivity contribution in [3.8, 4) is 17.2 Å². The Morgan fingerprint density at radius 2 is 1.50 bits per heavy atom. The first-order chi connectivity index (χ1) is 16.4. The van der Waals surface area contributed by atoms with Crippen molar-refractivity contribution in [2.24, 2.45) is 11.8 Å². The summed E-state index contributed by atoms with van der Waals surface area (Å²) in [4.78, 5) is 12.7. The normalized spacial score (nSPS) is 14.4. The number of carbonyl (C=O) groups is 1. The summed E-state index contributed by atoms with van der Waals surface area (Å²) >= 11 is 0. The highest BCUT2D eigenvalue weighted by Crippen LogP contribution is 2.25. The van der Waals surface area contributed by atoms with Crippen molar-refractivity contribution < 1.29 is 19.0 Å². The second kappa shape index (κ2) is 12.1. The maximum atomic E-state index is 12.7. The lowest BCUT2D eigenvalue weighted by Gasteiger charge is -2.12. The number of benzene rings is 2. The Morgan fingerprint density at radius 3 is 2.12 bits per heavy atom. The fourth-order valence-corrected chi connectivity index (χ4v) is 3.74. The van der Waals surface area contributed by atoms with Gasteiger partial charge in [0.1, 0.15) is 17.2 Å². The van der Waals surface area contributed by atoms with E-state index in [9.17, 15) is 4.79 Å². The first-order valence-electron chi connectivity index (χ1n) is 11.7. The lowest BCUT2D eigenvalue weighted by Crippen LogP contribution is -2.19. The molecule has 0 heterocycles. The highest BCUT2D eigenvalue weighted by Gasteiger charge is 2.19. The van der Waals surface area contributed by atoms with Crippen LogP contribution >= 0.6 is 0 Å². The number of carbonyl (C=O) groups excluding carboxylic acids is 1. The second-order valence-corrected chi connectivity index (χ2v) is 8.84. The van der Waals surface area contributed by atoms with Crippen molar-refractivity contribution >= 4 is 18.1 Å². The van der Waals surface area contributed by atoms with Crippen molar-refractivity contribution in [1.82, 2.24) is 0 Å². The van der Waals surface area contributed by atoms with Gasteiger partial charge < -0.3 is 14.2 Å². The van der Waals surface area contributed by atoms with Crippen LogP contribution in [0.2, 0.25) is 0 Å². The minimum absolute atomic E-state index is 0.255. The summed E-state index contributed by atoms with van der Waals surface area (Å²) in [7, 11) is 3.26. The molecule has 0 saturated heterocycles. The SMILES string of the molecule is COc1cc(C=Cc2ccc(OC(=O)C(C)C3=CCC=C(CC(C)C)C=C3)cc2)cc(OC)c1. The van der Waals surface area contributed by atoms with E-state index in [-0.39, 0.29) is 11.9 Å². The molecule has 0 amide bonds. The van der Waals surface area contributed by atoms with E-state index >= 15 is 0 Å². The Morgan fingerprint density at radius 1 is 0.853 bits per heavy atom. The molecule has 0 fully saturated rings.